The molecule has 2 rings (SSSR count). The number of aliphatic hydroxyl groups is 1. The number of alkyl halides is 6. The van der Waals surface area contributed by atoms with Crippen LogP contribution < -0.4 is 5.32 Å². The zero-order chi connectivity index (χ0) is 20.3. The van der Waals surface area contributed by atoms with Gasteiger partial charge in [0.15, 0.2) is 0 Å². The van der Waals surface area contributed by atoms with Gasteiger partial charge in [-0.2, -0.15) is 26.3 Å². The fourth-order valence-corrected chi connectivity index (χ4v) is 2.48. The monoisotopic (exact) mass is 392 g/mol. The molecule has 0 saturated carbocycles. The second-order valence-electron chi connectivity index (χ2n) is 6.01. The molecule has 0 radical (unpaired) electrons. The molecule has 0 bridgehead atoms. The van der Waals surface area contributed by atoms with E-state index in [-0.39, 0.29) is 0 Å². The zero-order valence-electron chi connectivity index (χ0n) is 14.3. The molecule has 1 heterocycles. The molecule has 3 nitrogen and oxygen atoms in total. The highest BCUT2D eigenvalue weighted by atomic mass is 19.4. The number of rotatable bonds is 6. The smallest absolute Gasteiger partial charge is 0.369 e. The summed E-state index contributed by atoms with van der Waals surface area (Å²) in [4.78, 5) is 4.17. The van der Waals surface area contributed by atoms with Crippen LogP contribution in [0.4, 0.5) is 26.3 Å². The Morgan fingerprint density at radius 1 is 0.926 bits per heavy atom. The molecule has 27 heavy (non-hydrogen) atoms. The molecule has 148 valence electrons. The van der Waals surface area contributed by atoms with Gasteiger partial charge >= 0.3 is 12.4 Å². The number of nitrogens with one attached hydrogen (secondary N) is 1. The lowest BCUT2D eigenvalue weighted by atomic mass is 9.91. The Hall–Kier alpha value is -2.13. The Kier molecular flexibility index (Phi) is 6.16. The lowest BCUT2D eigenvalue weighted by molar-refractivity contribution is -0.376. The van der Waals surface area contributed by atoms with Crippen molar-refractivity contribution in [3.8, 4) is 11.3 Å². The molecule has 2 N–H and O–H groups in total. The van der Waals surface area contributed by atoms with Gasteiger partial charge in [-0.25, -0.2) is 0 Å². The Morgan fingerprint density at radius 3 is 1.96 bits per heavy atom. The van der Waals surface area contributed by atoms with Gasteiger partial charge in [-0.05, 0) is 24.6 Å². The van der Waals surface area contributed by atoms with E-state index in [0.29, 0.717) is 29.9 Å². The van der Waals surface area contributed by atoms with Crippen molar-refractivity contribution in [3.63, 3.8) is 0 Å². The summed E-state index contributed by atoms with van der Waals surface area (Å²) in [5, 5.41) is 12.6. The summed E-state index contributed by atoms with van der Waals surface area (Å²) in [6.07, 6.45) is -9.26. The molecule has 2 aromatic rings. The first-order valence-corrected chi connectivity index (χ1v) is 8.13. The third kappa shape index (κ3) is 4.41. The number of hydrogen-bond donors (Lipinski definition) is 2. The molecular formula is C18H18F6N2O. The summed E-state index contributed by atoms with van der Waals surface area (Å²) in [7, 11) is 0. The molecule has 0 aliphatic heterocycles. The fourth-order valence-electron chi connectivity index (χ4n) is 2.48. The summed E-state index contributed by atoms with van der Waals surface area (Å²) in [6, 6.07) is 6.73. The first-order chi connectivity index (χ1) is 12.5. The van der Waals surface area contributed by atoms with E-state index in [4.69, 9.17) is 0 Å². The van der Waals surface area contributed by atoms with Gasteiger partial charge in [0.2, 0.25) is 0 Å². The maximum absolute atomic E-state index is 12.9. The molecule has 0 fully saturated rings. The summed E-state index contributed by atoms with van der Waals surface area (Å²) >= 11 is 0. The number of halogens is 6. The Morgan fingerprint density at radius 2 is 1.52 bits per heavy atom. The topological polar surface area (TPSA) is 45.1 Å². The molecule has 0 spiro atoms. The van der Waals surface area contributed by atoms with Gasteiger partial charge in [-0.3, -0.25) is 4.98 Å². The molecule has 9 heteroatoms. The van der Waals surface area contributed by atoms with Crippen LogP contribution in [-0.2, 0) is 12.1 Å². The fraction of sp³-hybridized carbons (Fsp3) is 0.389. The molecule has 1 aromatic carbocycles. The van der Waals surface area contributed by atoms with E-state index in [0.717, 1.165) is 30.7 Å². The van der Waals surface area contributed by atoms with Gasteiger partial charge in [0.25, 0.3) is 5.60 Å². The highest BCUT2D eigenvalue weighted by Crippen LogP contribution is 2.50. The van der Waals surface area contributed by atoms with Crippen molar-refractivity contribution >= 4 is 0 Å². The van der Waals surface area contributed by atoms with Crippen LogP contribution in [0.25, 0.3) is 11.3 Å². The summed E-state index contributed by atoms with van der Waals surface area (Å²) in [6.45, 7) is 3.46. The van der Waals surface area contributed by atoms with E-state index in [1.807, 2.05) is 6.92 Å². The Balaban J connectivity index is 2.26. The van der Waals surface area contributed by atoms with Crippen LogP contribution in [0.2, 0.25) is 0 Å². The van der Waals surface area contributed by atoms with Crippen LogP contribution >= 0.6 is 0 Å². The zero-order valence-corrected chi connectivity index (χ0v) is 14.3. The van der Waals surface area contributed by atoms with Crippen molar-refractivity contribution in [2.45, 2.75) is 37.8 Å². The van der Waals surface area contributed by atoms with E-state index in [1.165, 1.54) is 0 Å². The summed E-state index contributed by atoms with van der Waals surface area (Å²) in [5.74, 6) is 0. The SMILES string of the molecule is CCCNCc1ccc(-c2ccc(C(O)(C(F)(F)F)C(F)(F)F)cc2)nc1. The number of nitrogens with zero attached hydrogens (tertiary/aromatic N) is 1. The first kappa shape index (κ1) is 21.2. The number of pyridine rings is 1. The molecular weight excluding hydrogens is 374 g/mol. The minimum atomic E-state index is -5.90. The maximum Gasteiger partial charge on any atom is 0.430 e. The van der Waals surface area contributed by atoms with Crippen molar-refractivity contribution in [3.05, 3.63) is 53.7 Å². The second kappa shape index (κ2) is 7.85. The molecule has 0 atom stereocenters. The van der Waals surface area contributed by atoms with Gasteiger partial charge in [0.05, 0.1) is 5.69 Å². The average molecular weight is 392 g/mol. The standard InChI is InChI=1S/C18H18F6N2O/c1-2-9-25-10-12-3-8-15(26-11-12)13-4-6-14(7-5-13)16(27,17(19,20)21)18(22,23)24/h3-8,11,25,27H,2,9-10H2,1H3. The van der Waals surface area contributed by atoms with E-state index in [9.17, 15) is 31.4 Å². The largest absolute Gasteiger partial charge is 0.430 e. The first-order valence-electron chi connectivity index (χ1n) is 8.13. The van der Waals surface area contributed by atoms with Crippen LogP contribution in [0.5, 0.6) is 0 Å². The third-order valence-electron chi connectivity index (χ3n) is 4.00. The summed E-state index contributed by atoms with van der Waals surface area (Å²) in [5.41, 5.74) is -4.61. The van der Waals surface area contributed by atoms with Crippen LogP contribution in [0, 0.1) is 0 Å². The summed E-state index contributed by atoms with van der Waals surface area (Å²) < 4.78 is 77.4. The van der Waals surface area contributed by atoms with Gasteiger partial charge in [-0.15, -0.1) is 0 Å². The maximum atomic E-state index is 12.9. The molecule has 0 aliphatic rings. The quantitative estimate of drug-likeness (QED) is 0.560. The van der Waals surface area contributed by atoms with Gasteiger partial charge in [0.1, 0.15) is 0 Å². The number of hydrogen-bond acceptors (Lipinski definition) is 3. The lowest BCUT2D eigenvalue weighted by Gasteiger charge is -2.32. The van der Waals surface area contributed by atoms with Crippen molar-refractivity contribution in [2.75, 3.05) is 6.54 Å². The van der Waals surface area contributed by atoms with Crippen LogP contribution in [0.15, 0.2) is 42.6 Å². The minimum Gasteiger partial charge on any atom is -0.369 e. The Labute approximate surface area is 152 Å². The van der Waals surface area contributed by atoms with Gasteiger partial charge in [0, 0.05) is 23.9 Å². The van der Waals surface area contributed by atoms with Gasteiger partial charge in [-0.1, -0.05) is 37.3 Å². The van der Waals surface area contributed by atoms with E-state index < -0.39 is 23.5 Å². The van der Waals surface area contributed by atoms with E-state index in [1.54, 1.807) is 18.3 Å². The molecule has 1 aromatic heterocycles. The van der Waals surface area contributed by atoms with E-state index >= 15 is 0 Å². The highest BCUT2D eigenvalue weighted by molar-refractivity contribution is 5.59. The van der Waals surface area contributed by atoms with Crippen molar-refractivity contribution in [2.24, 2.45) is 0 Å². The van der Waals surface area contributed by atoms with Crippen LogP contribution in [0.1, 0.15) is 24.5 Å². The predicted molar refractivity (Wildman–Crippen MR) is 87.7 cm³/mol. The van der Waals surface area contributed by atoms with Crippen molar-refractivity contribution in [1.29, 1.82) is 0 Å². The van der Waals surface area contributed by atoms with Crippen LogP contribution in [-0.4, -0.2) is 29.0 Å². The molecule has 0 saturated heterocycles. The lowest BCUT2D eigenvalue weighted by Crippen LogP contribution is -2.53. The number of aromatic nitrogens is 1. The van der Waals surface area contributed by atoms with Crippen LogP contribution in [0.3, 0.4) is 0 Å². The van der Waals surface area contributed by atoms with Crippen molar-refractivity contribution < 1.29 is 31.4 Å². The number of benzene rings is 1. The van der Waals surface area contributed by atoms with E-state index in [2.05, 4.69) is 10.3 Å². The molecule has 0 amide bonds. The molecule has 0 aliphatic carbocycles. The van der Waals surface area contributed by atoms with Crippen molar-refractivity contribution in [1.82, 2.24) is 10.3 Å². The normalized spacial score (nSPS) is 13.0. The minimum absolute atomic E-state index is 0.332. The van der Waals surface area contributed by atoms with Gasteiger partial charge < -0.3 is 10.4 Å². The third-order valence-corrected chi connectivity index (χ3v) is 4.00. The average Bonchev–Trinajstić information content (AvgIpc) is 2.60. The highest BCUT2D eigenvalue weighted by Gasteiger charge is 2.71. The Bertz CT molecular complexity index is 724. The molecule has 0 unspecified atom stereocenters. The predicted octanol–water partition coefficient (Wildman–Crippen LogP) is 4.56. The second-order valence-corrected chi connectivity index (χ2v) is 6.01.